The summed E-state index contributed by atoms with van der Waals surface area (Å²) in [5.74, 6) is 7.30. The fourth-order valence-corrected chi connectivity index (χ4v) is 10.6. The number of hydrogen-bond donors (Lipinski definition) is 0. The average Bonchev–Trinajstić information content (AvgIpc) is 3.10. The molecule has 1 spiro atoms. The summed E-state index contributed by atoms with van der Waals surface area (Å²) in [4.78, 5) is 0. The summed E-state index contributed by atoms with van der Waals surface area (Å²) in [5, 5.41) is 0. The van der Waals surface area contributed by atoms with Crippen molar-refractivity contribution >= 4 is 0 Å². The van der Waals surface area contributed by atoms with Gasteiger partial charge in [-0.05, 0) is 103 Å². The van der Waals surface area contributed by atoms with E-state index in [0.29, 0.717) is 5.41 Å². The van der Waals surface area contributed by atoms with Gasteiger partial charge >= 0.3 is 0 Å². The second-order valence-electron chi connectivity index (χ2n) is 12.8. The number of rotatable bonds is 5. The first kappa shape index (κ1) is 19.0. The van der Waals surface area contributed by atoms with Crippen molar-refractivity contribution in [1.82, 2.24) is 0 Å². The summed E-state index contributed by atoms with van der Waals surface area (Å²) in [5.41, 5.74) is 2.30. The topological polar surface area (TPSA) is 0 Å². The largest absolute Gasteiger partial charge is 0.0628 e. The van der Waals surface area contributed by atoms with Crippen molar-refractivity contribution in [2.45, 2.75) is 112 Å². The minimum atomic E-state index is 0.689. The van der Waals surface area contributed by atoms with E-state index in [2.05, 4.69) is 34.6 Å². The van der Waals surface area contributed by atoms with Crippen molar-refractivity contribution in [3.8, 4) is 0 Å². The van der Waals surface area contributed by atoms with Crippen LogP contribution in [0.1, 0.15) is 112 Å². The van der Waals surface area contributed by atoms with Gasteiger partial charge in [0.05, 0.1) is 0 Å². The van der Waals surface area contributed by atoms with Gasteiger partial charge in [0.25, 0.3) is 0 Å². The van der Waals surface area contributed by atoms with Crippen LogP contribution in [-0.2, 0) is 0 Å². The molecule has 8 atom stereocenters. The number of hydrogen-bond acceptors (Lipinski definition) is 0. The van der Waals surface area contributed by atoms with E-state index >= 15 is 0 Å². The molecule has 5 aliphatic rings. The lowest BCUT2D eigenvalue weighted by Crippen LogP contribution is -2.44. The summed E-state index contributed by atoms with van der Waals surface area (Å²) in [6, 6.07) is 0. The minimum Gasteiger partial charge on any atom is -0.0628 e. The fourth-order valence-electron chi connectivity index (χ4n) is 10.6. The molecule has 0 aliphatic heterocycles. The molecule has 5 saturated carbocycles. The Labute approximate surface area is 169 Å². The van der Waals surface area contributed by atoms with Gasteiger partial charge in [-0.15, -0.1) is 0 Å². The Morgan fingerprint density at radius 1 is 0.852 bits per heavy atom. The number of fused-ring (bicyclic) bond motifs is 7. The zero-order chi connectivity index (χ0) is 19.0. The van der Waals surface area contributed by atoms with Crippen molar-refractivity contribution in [3.63, 3.8) is 0 Å². The van der Waals surface area contributed by atoms with Crippen LogP contribution in [0.4, 0.5) is 0 Å². The molecule has 27 heavy (non-hydrogen) atoms. The molecular formula is C27H46. The SMILES string of the molecule is CC(C)CCC[C@@H](C)[C@H]1CC[C@H]2[C@@H]3C[C@@H]4C5(CCCC5)[C@]4(C)[C@H]3CC[C@]12C. The van der Waals surface area contributed by atoms with Gasteiger partial charge in [-0.25, -0.2) is 0 Å². The molecule has 0 heteroatoms. The predicted octanol–water partition coefficient (Wildman–Crippen LogP) is 8.11. The lowest BCUT2D eigenvalue weighted by Gasteiger charge is -2.51. The van der Waals surface area contributed by atoms with Gasteiger partial charge in [-0.1, -0.05) is 66.7 Å². The van der Waals surface area contributed by atoms with Gasteiger partial charge in [0, 0.05) is 0 Å². The fraction of sp³-hybridized carbons (Fsp3) is 1.00. The Kier molecular flexibility index (Phi) is 4.39. The van der Waals surface area contributed by atoms with E-state index in [1.54, 1.807) is 57.8 Å². The highest BCUT2D eigenvalue weighted by Crippen LogP contribution is 2.87. The van der Waals surface area contributed by atoms with Crippen LogP contribution in [0.2, 0.25) is 0 Å². The van der Waals surface area contributed by atoms with Gasteiger partial charge in [0.1, 0.15) is 0 Å². The van der Waals surface area contributed by atoms with E-state index in [1.807, 2.05) is 0 Å². The maximum Gasteiger partial charge on any atom is -0.0202 e. The molecule has 0 heterocycles. The van der Waals surface area contributed by atoms with Gasteiger partial charge in [0.15, 0.2) is 0 Å². The molecule has 0 unspecified atom stereocenters. The van der Waals surface area contributed by atoms with Gasteiger partial charge in [-0.3, -0.25) is 0 Å². The molecule has 5 fully saturated rings. The lowest BCUT2D eigenvalue weighted by atomic mass is 9.54. The quantitative estimate of drug-likeness (QED) is 0.458. The third kappa shape index (κ3) is 2.40. The summed E-state index contributed by atoms with van der Waals surface area (Å²) >= 11 is 0. The Morgan fingerprint density at radius 3 is 2.30 bits per heavy atom. The van der Waals surface area contributed by atoms with Crippen LogP contribution in [-0.4, -0.2) is 0 Å². The molecular weight excluding hydrogens is 324 g/mol. The molecule has 0 bridgehead atoms. The van der Waals surface area contributed by atoms with E-state index < -0.39 is 0 Å². The predicted molar refractivity (Wildman–Crippen MR) is 116 cm³/mol. The molecule has 0 nitrogen and oxygen atoms in total. The van der Waals surface area contributed by atoms with Crippen molar-refractivity contribution in [2.75, 3.05) is 0 Å². The Bertz CT molecular complexity index is 569. The molecule has 0 N–H and O–H groups in total. The standard InChI is InChI=1S/C27H46/c1-18(2)9-8-10-19(3)21-11-12-22-20-17-24-26(5,27(24)14-6-7-15-27)23(20)13-16-25(21,22)4/h18-24H,6-17H2,1-5H3/t19-,20+,21-,22+,23+,24+,25-,26-/m1/s1. The van der Waals surface area contributed by atoms with Crippen LogP contribution in [0.25, 0.3) is 0 Å². The van der Waals surface area contributed by atoms with E-state index in [-0.39, 0.29) is 0 Å². The molecule has 0 radical (unpaired) electrons. The summed E-state index contributed by atoms with van der Waals surface area (Å²) in [6.07, 6.45) is 18.6. The Balaban J connectivity index is 1.28. The molecule has 154 valence electrons. The van der Waals surface area contributed by atoms with Crippen LogP contribution in [0.15, 0.2) is 0 Å². The smallest absolute Gasteiger partial charge is 0.0202 e. The average molecular weight is 371 g/mol. The van der Waals surface area contributed by atoms with Crippen LogP contribution in [0.5, 0.6) is 0 Å². The molecule has 0 aromatic heterocycles. The van der Waals surface area contributed by atoms with Gasteiger partial charge in [-0.2, -0.15) is 0 Å². The van der Waals surface area contributed by atoms with E-state index in [4.69, 9.17) is 0 Å². The van der Waals surface area contributed by atoms with E-state index in [9.17, 15) is 0 Å². The highest BCUT2D eigenvalue weighted by Gasteiger charge is 2.81. The minimum absolute atomic E-state index is 0.689. The van der Waals surface area contributed by atoms with E-state index in [0.717, 1.165) is 52.3 Å². The molecule has 0 amide bonds. The zero-order valence-corrected chi connectivity index (χ0v) is 19.0. The summed E-state index contributed by atoms with van der Waals surface area (Å²) < 4.78 is 0. The second kappa shape index (κ2) is 6.25. The van der Waals surface area contributed by atoms with Crippen LogP contribution in [0.3, 0.4) is 0 Å². The third-order valence-corrected chi connectivity index (χ3v) is 11.8. The Hall–Kier alpha value is 0. The highest BCUT2D eigenvalue weighted by molar-refractivity contribution is 5.29. The summed E-state index contributed by atoms with van der Waals surface area (Å²) in [7, 11) is 0. The maximum atomic E-state index is 2.76. The van der Waals surface area contributed by atoms with Crippen molar-refractivity contribution in [1.29, 1.82) is 0 Å². The molecule has 0 saturated heterocycles. The first-order valence-electron chi connectivity index (χ1n) is 12.8. The first-order chi connectivity index (χ1) is 12.8. The van der Waals surface area contributed by atoms with Crippen molar-refractivity contribution < 1.29 is 0 Å². The molecule has 0 aromatic rings. The normalized spacial score (nSPS) is 50.7. The Morgan fingerprint density at radius 2 is 1.59 bits per heavy atom. The van der Waals surface area contributed by atoms with Gasteiger partial charge < -0.3 is 0 Å². The summed E-state index contributed by atoms with van der Waals surface area (Å²) in [6.45, 7) is 12.9. The first-order valence-corrected chi connectivity index (χ1v) is 12.8. The molecule has 5 rings (SSSR count). The van der Waals surface area contributed by atoms with Crippen LogP contribution in [0, 0.1) is 57.7 Å². The maximum absolute atomic E-state index is 2.76. The zero-order valence-electron chi connectivity index (χ0n) is 19.0. The molecule has 0 aromatic carbocycles. The third-order valence-electron chi connectivity index (χ3n) is 11.8. The lowest BCUT2D eigenvalue weighted by molar-refractivity contribution is -0.0237. The van der Waals surface area contributed by atoms with Crippen molar-refractivity contribution in [3.05, 3.63) is 0 Å². The van der Waals surface area contributed by atoms with Crippen molar-refractivity contribution in [2.24, 2.45) is 57.7 Å². The van der Waals surface area contributed by atoms with Crippen LogP contribution < -0.4 is 0 Å². The molecule has 5 aliphatic carbocycles. The van der Waals surface area contributed by atoms with Crippen LogP contribution >= 0.6 is 0 Å². The van der Waals surface area contributed by atoms with Gasteiger partial charge in [0.2, 0.25) is 0 Å². The second-order valence-corrected chi connectivity index (χ2v) is 12.8. The monoisotopic (exact) mass is 370 g/mol. The highest BCUT2D eigenvalue weighted by atomic mass is 14.8. The van der Waals surface area contributed by atoms with E-state index in [1.165, 1.54) is 19.3 Å².